The first-order valence-corrected chi connectivity index (χ1v) is 6.65. The predicted molar refractivity (Wildman–Crippen MR) is 63.7 cm³/mol. The van der Waals surface area contributed by atoms with Gasteiger partial charge in [0.1, 0.15) is 0 Å². The fourth-order valence-electron chi connectivity index (χ4n) is 1.86. The van der Waals surface area contributed by atoms with E-state index in [-0.39, 0.29) is 12.1 Å². The average molecular weight is 237 g/mol. The van der Waals surface area contributed by atoms with E-state index in [1.54, 1.807) is 18.2 Å². The Morgan fingerprint density at radius 3 is 2.31 bits per heavy atom. The molecule has 0 aliphatic carbocycles. The van der Waals surface area contributed by atoms with Crippen molar-refractivity contribution in [3.8, 4) is 0 Å². The van der Waals surface area contributed by atoms with Crippen LogP contribution in [-0.4, -0.2) is 24.8 Å². The molecule has 1 heterocycles. The summed E-state index contributed by atoms with van der Waals surface area (Å²) < 4.78 is 25.8. The molecule has 1 aromatic rings. The third-order valence-corrected chi connectivity index (χ3v) is 4.94. The number of hydrogen-bond donors (Lipinski definition) is 0. The fraction of sp³-hybridized carbons (Fsp3) is 0.333. The molecule has 1 saturated heterocycles. The first-order chi connectivity index (χ1) is 7.48. The third-order valence-electron chi connectivity index (χ3n) is 2.94. The minimum Gasteiger partial charge on any atom is -0.207 e. The van der Waals surface area contributed by atoms with Gasteiger partial charge in [0, 0.05) is 6.04 Å². The van der Waals surface area contributed by atoms with Crippen LogP contribution in [0, 0.1) is 6.92 Å². The molecule has 0 aromatic heterocycles. The van der Waals surface area contributed by atoms with Crippen LogP contribution < -0.4 is 0 Å². The summed E-state index contributed by atoms with van der Waals surface area (Å²) in [7, 11) is -3.33. The zero-order valence-electron chi connectivity index (χ0n) is 9.42. The van der Waals surface area contributed by atoms with Crippen LogP contribution in [0.3, 0.4) is 0 Å². The number of benzene rings is 1. The molecule has 1 aliphatic heterocycles. The lowest BCUT2D eigenvalue weighted by molar-refractivity contribution is 0.552. The lowest BCUT2D eigenvalue weighted by Crippen LogP contribution is -2.15. The average Bonchev–Trinajstić information content (AvgIpc) is 2.90. The van der Waals surface area contributed by atoms with Crippen molar-refractivity contribution in [3.63, 3.8) is 0 Å². The third kappa shape index (κ3) is 1.68. The highest BCUT2D eigenvalue weighted by molar-refractivity contribution is 7.89. The minimum absolute atomic E-state index is 0.0313. The molecule has 3 atom stereocenters. The van der Waals surface area contributed by atoms with Crippen LogP contribution in [0.25, 0.3) is 0 Å². The molecule has 3 nitrogen and oxygen atoms in total. The molecule has 0 amide bonds. The Morgan fingerprint density at radius 2 is 1.88 bits per heavy atom. The lowest BCUT2D eigenvalue weighted by atomic mass is 10.2. The van der Waals surface area contributed by atoms with Gasteiger partial charge in [0.05, 0.1) is 10.9 Å². The van der Waals surface area contributed by atoms with Gasteiger partial charge >= 0.3 is 0 Å². The van der Waals surface area contributed by atoms with Gasteiger partial charge in [-0.05, 0) is 26.0 Å². The van der Waals surface area contributed by atoms with E-state index in [1.165, 1.54) is 4.31 Å². The molecule has 4 heteroatoms. The summed E-state index contributed by atoms with van der Waals surface area (Å²) in [5.41, 5.74) is 1.05. The van der Waals surface area contributed by atoms with Crippen LogP contribution in [0.5, 0.6) is 0 Å². The maximum absolute atomic E-state index is 12.2. The number of hydrogen-bond acceptors (Lipinski definition) is 2. The van der Waals surface area contributed by atoms with Gasteiger partial charge in [-0.25, -0.2) is 8.42 Å². The van der Waals surface area contributed by atoms with Crippen molar-refractivity contribution in [1.29, 1.82) is 0 Å². The number of aryl methyl sites for hydroxylation is 1. The summed E-state index contributed by atoms with van der Waals surface area (Å²) in [6, 6.07) is 6.90. The minimum atomic E-state index is -3.33. The van der Waals surface area contributed by atoms with Crippen molar-refractivity contribution in [1.82, 2.24) is 4.31 Å². The van der Waals surface area contributed by atoms with Crippen molar-refractivity contribution in [2.75, 3.05) is 0 Å². The molecule has 16 heavy (non-hydrogen) atoms. The zero-order chi connectivity index (χ0) is 11.9. The molecule has 1 aromatic carbocycles. The topological polar surface area (TPSA) is 37.1 Å². The van der Waals surface area contributed by atoms with Crippen LogP contribution in [0.1, 0.15) is 12.5 Å². The number of rotatable bonds is 3. The maximum Gasteiger partial charge on any atom is 0.243 e. The van der Waals surface area contributed by atoms with E-state index in [0.717, 1.165) is 5.56 Å². The molecular formula is C12H15NO2S. The molecule has 3 unspecified atom stereocenters. The lowest BCUT2D eigenvalue weighted by Gasteiger charge is -2.05. The highest BCUT2D eigenvalue weighted by Gasteiger charge is 2.50. The summed E-state index contributed by atoms with van der Waals surface area (Å²) in [4.78, 5) is 0.356. The fourth-order valence-corrected chi connectivity index (χ4v) is 3.67. The Kier molecular flexibility index (Phi) is 2.64. The van der Waals surface area contributed by atoms with E-state index in [1.807, 2.05) is 26.0 Å². The van der Waals surface area contributed by atoms with Gasteiger partial charge in [-0.3, -0.25) is 0 Å². The van der Waals surface area contributed by atoms with Gasteiger partial charge in [-0.1, -0.05) is 23.8 Å². The summed E-state index contributed by atoms with van der Waals surface area (Å²) in [6.45, 7) is 7.46. The first kappa shape index (κ1) is 11.4. The normalized spacial score (nSPS) is 28.8. The predicted octanol–water partition coefficient (Wildman–Crippen LogP) is 1.94. The smallest absolute Gasteiger partial charge is 0.207 e. The monoisotopic (exact) mass is 237 g/mol. The first-order valence-electron chi connectivity index (χ1n) is 5.21. The summed E-state index contributed by atoms with van der Waals surface area (Å²) in [5, 5.41) is 0. The number of sulfonamides is 1. The van der Waals surface area contributed by atoms with Crippen molar-refractivity contribution >= 4 is 10.0 Å². The van der Waals surface area contributed by atoms with Gasteiger partial charge < -0.3 is 0 Å². The molecule has 0 bridgehead atoms. The summed E-state index contributed by atoms with van der Waals surface area (Å²) >= 11 is 0. The quantitative estimate of drug-likeness (QED) is 0.595. The molecule has 2 rings (SSSR count). The van der Waals surface area contributed by atoms with Crippen LogP contribution in [0.4, 0.5) is 0 Å². The Bertz CT molecular complexity index is 504. The van der Waals surface area contributed by atoms with Crippen LogP contribution in [-0.2, 0) is 10.0 Å². The van der Waals surface area contributed by atoms with Crippen LogP contribution >= 0.6 is 0 Å². The van der Waals surface area contributed by atoms with Crippen LogP contribution in [0.15, 0.2) is 41.8 Å². The van der Waals surface area contributed by atoms with Crippen molar-refractivity contribution in [3.05, 3.63) is 42.5 Å². The molecule has 86 valence electrons. The molecule has 1 fully saturated rings. The van der Waals surface area contributed by atoms with Gasteiger partial charge in [-0.2, -0.15) is 4.31 Å². The largest absolute Gasteiger partial charge is 0.243 e. The second-order valence-corrected chi connectivity index (χ2v) is 5.96. The van der Waals surface area contributed by atoms with E-state index in [4.69, 9.17) is 0 Å². The van der Waals surface area contributed by atoms with Gasteiger partial charge in [0.25, 0.3) is 0 Å². The SMILES string of the molecule is C=CC1C(C)N1S(=O)(=O)c1ccc(C)cc1. The Hall–Kier alpha value is -1.13. The van der Waals surface area contributed by atoms with Crippen molar-refractivity contribution < 1.29 is 8.42 Å². The van der Waals surface area contributed by atoms with E-state index in [0.29, 0.717) is 4.90 Å². The second kappa shape index (κ2) is 3.71. The molecular weight excluding hydrogens is 222 g/mol. The van der Waals surface area contributed by atoms with Gasteiger partial charge in [-0.15, -0.1) is 6.58 Å². The molecule has 0 spiro atoms. The summed E-state index contributed by atoms with van der Waals surface area (Å²) in [6.07, 6.45) is 1.68. The zero-order valence-corrected chi connectivity index (χ0v) is 10.2. The van der Waals surface area contributed by atoms with Gasteiger partial charge in [0.15, 0.2) is 0 Å². The standard InChI is InChI=1S/C12H15NO2S/c1-4-12-10(3)13(12)16(14,15)11-7-5-9(2)6-8-11/h4-8,10,12H,1H2,2-3H3. The van der Waals surface area contributed by atoms with Crippen LogP contribution in [0.2, 0.25) is 0 Å². The van der Waals surface area contributed by atoms with E-state index < -0.39 is 10.0 Å². The van der Waals surface area contributed by atoms with Crippen molar-refractivity contribution in [2.24, 2.45) is 0 Å². The highest BCUT2D eigenvalue weighted by atomic mass is 32.2. The Balaban J connectivity index is 2.34. The second-order valence-electron chi connectivity index (χ2n) is 4.11. The highest BCUT2D eigenvalue weighted by Crippen LogP contribution is 2.35. The molecule has 0 saturated carbocycles. The molecule has 0 N–H and O–H groups in total. The van der Waals surface area contributed by atoms with E-state index in [2.05, 4.69) is 6.58 Å². The Labute approximate surface area is 96.4 Å². The molecule has 1 aliphatic rings. The Morgan fingerprint density at radius 1 is 1.31 bits per heavy atom. The maximum atomic E-state index is 12.2. The van der Waals surface area contributed by atoms with E-state index in [9.17, 15) is 8.42 Å². The number of nitrogens with zero attached hydrogens (tertiary/aromatic N) is 1. The summed E-state index contributed by atoms with van der Waals surface area (Å²) in [5.74, 6) is 0. The van der Waals surface area contributed by atoms with Gasteiger partial charge in [0.2, 0.25) is 10.0 Å². The van der Waals surface area contributed by atoms with Crippen molar-refractivity contribution in [2.45, 2.75) is 30.8 Å². The molecule has 0 radical (unpaired) electrons. The van der Waals surface area contributed by atoms with E-state index >= 15 is 0 Å².